The summed E-state index contributed by atoms with van der Waals surface area (Å²) in [6.07, 6.45) is 3.57. The van der Waals surface area contributed by atoms with Crippen molar-refractivity contribution in [1.82, 2.24) is 14.5 Å². The Morgan fingerprint density at radius 3 is 2.74 bits per heavy atom. The van der Waals surface area contributed by atoms with Gasteiger partial charge in [0.2, 0.25) is 5.91 Å². The Labute approximate surface area is 178 Å². The van der Waals surface area contributed by atoms with E-state index in [-0.39, 0.29) is 17.8 Å². The number of carbonyl (C=O) groups is 1. The Hall–Kier alpha value is -3.39. The van der Waals surface area contributed by atoms with Gasteiger partial charge in [0, 0.05) is 42.0 Å². The highest BCUT2D eigenvalue weighted by molar-refractivity contribution is 5.95. The normalized spacial score (nSPS) is 18.6. The minimum Gasteiger partial charge on any atom is -0.386 e. The van der Waals surface area contributed by atoms with Crippen LogP contribution in [0.3, 0.4) is 0 Å². The summed E-state index contributed by atoms with van der Waals surface area (Å²) in [4.78, 5) is 33.6. The van der Waals surface area contributed by atoms with E-state index in [2.05, 4.69) is 21.9 Å². The Kier molecular flexibility index (Phi) is 5.41. The lowest BCUT2D eigenvalue weighted by atomic mass is 10.0. The van der Waals surface area contributed by atoms with Crippen LogP contribution in [-0.2, 0) is 11.8 Å². The summed E-state index contributed by atoms with van der Waals surface area (Å²) >= 11 is 0. The number of aryl methyl sites for hydroxylation is 2. The third kappa shape index (κ3) is 3.98. The molecule has 1 aliphatic rings. The molecule has 0 radical (unpaired) electrons. The van der Waals surface area contributed by atoms with E-state index < -0.39 is 24.1 Å². The highest BCUT2D eigenvalue weighted by Crippen LogP contribution is 2.34. The van der Waals surface area contributed by atoms with E-state index in [0.717, 1.165) is 5.56 Å². The molecule has 3 heterocycles. The number of halogens is 1. The molecule has 3 aromatic heterocycles. The second-order valence-electron chi connectivity index (χ2n) is 7.86. The first-order valence-electron chi connectivity index (χ1n) is 10.0. The largest absolute Gasteiger partial charge is 0.386 e. The molecule has 8 heteroatoms. The topological polar surface area (TPSA) is 97.1 Å². The molecule has 1 unspecified atom stereocenters. The summed E-state index contributed by atoms with van der Waals surface area (Å²) in [5, 5.41) is 13.4. The average molecular weight is 422 g/mol. The Morgan fingerprint density at radius 2 is 2.10 bits per heavy atom. The second kappa shape index (κ2) is 8.03. The summed E-state index contributed by atoms with van der Waals surface area (Å²) in [5.74, 6) is -0.744. The van der Waals surface area contributed by atoms with Gasteiger partial charge in [-0.15, -0.1) is 6.58 Å². The maximum absolute atomic E-state index is 13.1. The van der Waals surface area contributed by atoms with Crippen LogP contribution in [0, 0.1) is 12.8 Å². The molecular weight excluding hydrogens is 399 g/mol. The van der Waals surface area contributed by atoms with Gasteiger partial charge in [-0.3, -0.25) is 14.6 Å². The number of hydrogen-bond acceptors (Lipinski definition) is 5. The van der Waals surface area contributed by atoms with E-state index >= 15 is 0 Å². The van der Waals surface area contributed by atoms with Gasteiger partial charge in [-0.2, -0.15) is 0 Å². The predicted octanol–water partition coefficient (Wildman–Crippen LogP) is 3.21. The maximum Gasteiger partial charge on any atom is 0.258 e. The molecule has 1 saturated carbocycles. The van der Waals surface area contributed by atoms with Gasteiger partial charge in [-0.1, -0.05) is 6.08 Å². The molecule has 0 spiro atoms. The van der Waals surface area contributed by atoms with Crippen molar-refractivity contribution in [2.24, 2.45) is 13.0 Å². The first-order chi connectivity index (χ1) is 14.8. The molecule has 3 aromatic rings. The number of aliphatic hydroxyl groups is 1. The van der Waals surface area contributed by atoms with Gasteiger partial charge < -0.3 is 15.0 Å². The summed E-state index contributed by atoms with van der Waals surface area (Å²) in [5.41, 5.74) is 2.82. The van der Waals surface area contributed by atoms with Crippen molar-refractivity contribution < 1.29 is 14.3 Å². The zero-order valence-corrected chi connectivity index (χ0v) is 17.3. The van der Waals surface area contributed by atoms with Gasteiger partial charge in [-0.25, -0.2) is 9.37 Å². The van der Waals surface area contributed by atoms with E-state index in [9.17, 15) is 19.1 Å². The van der Waals surface area contributed by atoms with Crippen LogP contribution >= 0.6 is 0 Å². The summed E-state index contributed by atoms with van der Waals surface area (Å²) in [7, 11) is 1.64. The van der Waals surface area contributed by atoms with Gasteiger partial charge in [0.05, 0.1) is 23.2 Å². The van der Waals surface area contributed by atoms with Crippen molar-refractivity contribution in [3.05, 3.63) is 64.9 Å². The quantitative estimate of drug-likeness (QED) is 0.595. The molecule has 0 bridgehead atoms. The number of aliphatic hydroxyl groups excluding tert-OH is 1. The van der Waals surface area contributed by atoms with Crippen LogP contribution in [-0.4, -0.2) is 31.7 Å². The molecule has 1 amide bonds. The van der Waals surface area contributed by atoms with E-state index in [0.29, 0.717) is 34.1 Å². The van der Waals surface area contributed by atoms with E-state index in [1.165, 1.54) is 4.57 Å². The molecule has 2 N–H and O–H groups in total. The monoisotopic (exact) mass is 422 g/mol. The summed E-state index contributed by atoms with van der Waals surface area (Å²) in [6, 6.07) is 5.10. The van der Waals surface area contributed by atoms with Crippen molar-refractivity contribution in [1.29, 1.82) is 0 Å². The van der Waals surface area contributed by atoms with Crippen LogP contribution < -0.4 is 10.9 Å². The Morgan fingerprint density at radius 1 is 1.35 bits per heavy atom. The maximum atomic E-state index is 13.1. The third-order valence-electron chi connectivity index (χ3n) is 5.56. The molecule has 0 aliphatic heterocycles. The first kappa shape index (κ1) is 20.9. The molecule has 1 aliphatic carbocycles. The third-order valence-corrected chi connectivity index (χ3v) is 5.56. The van der Waals surface area contributed by atoms with Gasteiger partial charge in [0.1, 0.15) is 12.0 Å². The van der Waals surface area contributed by atoms with Crippen molar-refractivity contribution in [2.75, 3.05) is 5.32 Å². The van der Waals surface area contributed by atoms with Crippen LogP contribution in [0.4, 0.5) is 10.2 Å². The number of nitrogens with one attached hydrogen (secondary N) is 1. The molecule has 0 saturated heterocycles. The smallest absolute Gasteiger partial charge is 0.258 e. The van der Waals surface area contributed by atoms with Crippen LogP contribution in [0.5, 0.6) is 0 Å². The lowest BCUT2D eigenvalue weighted by Crippen LogP contribution is -2.20. The number of alkyl halides is 1. The highest BCUT2D eigenvalue weighted by atomic mass is 19.1. The molecule has 1 fully saturated rings. The predicted molar refractivity (Wildman–Crippen MR) is 116 cm³/mol. The van der Waals surface area contributed by atoms with Gasteiger partial charge >= 0.3 is 0 Å². The van der Waals surface area contributed by atoms with Crippen LogP contribution in [0.1, 0.15) is 30.2 Å². The fourth-order valence-electron chi connectivity index (χ4n) is 3.60. The fraction of sp³-hybridized carbons (Fsp3) is 0.304. The minimum atomic E-state index is -1.09. The molecule has 31 heavy (non-hydrogen) atoms. The number of nitrogens with zero attached hydrogens (tertiary/aromatic N) is 3. The number of hydrogen-bond donors (Lipinski definition) is 2. The van der Waals surface area contributed by atoms with Crippen LogP contribution in [0.15, 0.2) is 48.0 Å². The molecule has 160 valence electrons. The number of aromatic nitrogens is 3. The van der Waals surface area contributed by atoms with Crippen LogP contribution in [0.25, 0.3) is 22.0 Å². The second-order valence-corrected chi connectivity index (χ2v) is 7.86. The van der Waals surface area contributed by atoms with Crippen molar-refractivity contribution in [2.45, 2.75) is 32.0 Å². The number of amides is 1. The Balaban J connectivity index is 1.70. The molecular formula is C23H23FN4O3. The minimum absolute atomic E-state index is 0.230. The zero-order chi connectivity index (χ0) is 22.3. The summed E-state index contributed by atoms with van der Waals surface area (Å²) in [6.45, 7) is 5.48. The van der Waals surface area contributed by atoms with Gasteiger partial charge in [0.15, 0.2) is 0 Å². The molecule has 7 nitrogen and oxygen atoms in total. The number of anilines is 1. The van der Waals surface area contributed by atoms with Crippen LogP contribution in [0.2, 0.25) is 0 Å². The molecule has 4 rings (SSSR count). The van der Waals surface area contributed by atoms with E-state index in [1.807, 2.05) is 6.92 Å². The Bertz CT molecular complexity index is 1250. The van der Waals surface area contributed by atoms with Crippen molar-refractivity contribution in [3.8, 4) is 11.1 Å². The highest BCUT2D eigenvalue weighted by Gasteiger charge is 2.43. The van der Waals surface area contributed by atoms with Gasteiger partial charge in [0.25, 0.3) is 5.56 Å². The van der Waals surface area contributed by atoms with E-state index in [4.69, 9.17) is 0 Å². The zero-order valence-electron chi connectivity index (χ0n) is 17.3. The van der Waals surface area contributed by atoms with Gasteiger partial charge in [-0.05, 0) is 37.5 Å². The fourth-order valence-corrected chi connectivity index (χ4v) is 3.60. The lowest BCUT2D eigenvalue weighted by Gasteiger charge is -2.14. The van der Waals surface area contributed by atoms with Crippen molar-refractivity contribution in [3.63, 3.8) is 0 Å². The molecule has 3 atom stereocenters. The summed E-state index contributed by atoms with van der Waals surface area (Å²) < 4.78 is 14.6. The van der Waals surface area contributed by atoms with E-state index in [1.54, 1.807) is 43.7 Å². The standard InChI is InChI=1S/C23H23FN4O3/c1-4-5-20(29)18-6-12(2)16(11-25-18)14-7-13-10-26-21(9-19(13)28(3)23(14)31)27-22(30)15-8-17(15)24/h4,6-7,9-11,15,17,20,29H,1,5,8H2,2-3H3,(H,26,27,30)/t15-,17+,20?/m0/s1. The molecule has 0 aromatic carbocycles. The first-order valence-corrected chi connectivity index (χ1v) is 10.0. The number of fused-ring (bicyclic) bond motifs is 1. The number of rotatable bonds is 6. The number of carbonyl (C=O) groups excluding carboxylic acids is 1. The average Bonchev–Trinajstić information content (AvgIpc) is 3.48. The number of pyridine rings is 3. The lowest BCUT2D eigenvalue weighted by molar-refractivity contribution is -0.117. The SMILES string of the molecule is C=CCC(O)c1cc(C)c(-c2cc3cnc(NC(=O)[C@H]4C[C@H]4F)cc3n(C)c2=O)cn1. The van der Waals surface area contributed by atoms with Crippen molar-refractivity contribution >= 4 is 22.6 Å².